The molecule has 0 heterocycles. The minimum Gasteiger partial charge on any atom is -0.338 e. The maximum atomic E-state index is 12.2. The van der Waals surface area contributed by atoms with Gasteiger partial charge in [-0.2, -0.15) is 0 Å². The Bertz CT molecular complexity index is 489. The molecule has 0 saturated heterocycles. The van der Waals surface area contributed by atoms with Gasteiger partial charge in [0.05, 0.1) is 0 Å². The molecule has 3 heteroatoms. The molecule has 2 rings (SSSR count). The van der Waals surface area contributed by atoms with E-state index in [0.717, 1.165) is 19.3 Å². The van der Waals surface area contributed by atoms with E-state index in [2.05, 4.69) is 41.8 Å². The molecular formula is C22H36N2O. The van der Waals surface area contributed by atoms with Crippen LogP contribution in [0.15, 0.2) is 24.3 Å². The van der Waals surface area contributed by atoms with Gasteiger partial charge in [0, 0.05) is 12.6 Å². The molecule has 25 heavy (non-hydrogen) atoms. The normalized spacial score (nSPS) is 18.0. The van der Waals surface area contributed by atoms with Gasteiger partial charge >= 0.3 is 6.03 Å². The number of urea groups is 1. The number of amides is 2. The molecule has 1 fully saturated rings. The van der Waals surface area contributed by atoms with Gasteiger partial charge in [-0.3, -0.25) is 0 Å². The molecule has 0 aliphatic heterocycles. The van der Waals surface area contributed by atoms with Crippen molar-refractivity contribution in [2.24, 2.45) is 0 Å². The lowest BCUT2D eigenvalue weighted by atomic mass is 9.98. The number of hydrogen-bond acceptors (Lipinski definition) is 1. The van der Waals surface area contributed by atoms with Crippen molar-refractivity contribution in [3.63, 3.8) is 0 Å². The lowest BCUT2D eigenvalue weighted by molar-refractivity contribution is 0.234. The third-order valence-electron chi connectivity index (χ3n) is 5.38. The average Bonchev–Trinajstić information content (AvgIpc) is 2.59. The summed E-state index contributed by atoms with van der Waals surface area (Å²) in [5.41, 5.74) is 2.61. The number of rotatable bonds is 4. The highest BCUT2D eigenvalue weighted by atomic mass is 16.2. The van der Waals surface area contributed by atoms with E-state index >= 15 is 0 Å². The Morgan fingerprint density at radius 1 is 0.920 bits per heavy atom. The summed E-state index contributed by atoms with van der Waals surface area (Å²) >= 11 is 0. The van der Waals surface area contributed by atoms with Gasteiger partial charge in [0.15, 0.2) is 0 Å². The van der Waals surface area contributed by atoms with Crippen LogP contribution in [-0.4, -0.2) is 18.6 Å². The first-order valence-corrected chi connectivity index (χ1v) is 10.3. The van der Waals surface area contributed by atoms with E-state index in [4.69, 9.17) is 0 Å². The van der Waals surface area contributed by atoms with Crippen LogP contribution in [0.1, 0.15) is 81.8 Å². The summed E-state index contributed by atoms with van der Waals surface area (Å²) in [4.78, 5) is 12.2. The van der Waals surface area contributed by atoms with Crippen LogP contribution < -0.4 is 10.6 Å². The molecule has 0 bridgehead atoms. The Morgan fingerprint density at radius 2 is 1.48 bits per heavy atom. The Morgan fingerprint density at radius 3 is 2.08 bits per heavy atom. The summed E-state index contributed by atoms with van der Waals surface area (Å²) in [6.07, 6.45) is 15.2. The first kappa shape index (κ1) is 19.8. The maximum absolute atomic E-state index is 12.2. The molecule has 0 unspecified atom stereocenters. The second-order valence-corrected chi connectivity index (χ2v) is 7.53. The predicted molar refractivity (Wildman–Crippen MR) is 106 cm³/mol. The molecule has 0 aromatic heterocycles. The van der Waals surface area contributed by atoms with Gasteiger partial charge in [0.2, 0.25) is 0 Å². The van der Waals surface area contributed by atoms with Crippen LogP contribution in [0.25, 0.3) is 0 Å². The summed E-state index contributed by atoms with van der Waals surface area (Å²) in [5.74, 6) is 0. The summed E-state index contributed by atoms with van der Waals surface area (Å²) in [6, 6.07) is 8.74. The number of aryl methyl sites for hydroxylation is 1. The van der Waals surface area contributed by atoms with Gasteiger partial charge in [-0.25, -0.2) is 4.79 Å². The van der Waals surface area contributed by atoms with Gasteiger partial charge in [-0.05, 0) is 37.3 Å². The van der Waals surface area contributed by atoms with Crippen LogP contribution in [0.4, 0.5) is 4.79 Å². The minimum absolute atomic E-state index is 0.00526. The van der Waals surface area contributed by atoms with Crippen molar-refractivity contribution in [3.05, 3.63) is 35.4 Å². The third-order valence-corrected chi connectivity index (χ3v) is 5.38. The van der Waals surface area contributed by atoms with Crippen molar-refractivity contribution in [2.75, 3.05) is 6.54 Å². The molecule has 1 aliphatic rings. The van der Waals surface area contributed by atoms with E-state index in [1.54, 1.807) is 0 Å². The summed E-state index contributed by atoms with van der Waals surface area (Å²) in [6.45, 7) is 2.82. The van der Waals surface area contributed by atoms with E-state index < -0.39 is 0 Å². The van der Waals surface area contributed by atoms with Gasteiger partial charge in [-0.15, -0.1) is 0 Å². The van der Waals surface area contributed by atoms with Crippen molar-refractivity contribution < 1.29 is 4.79 Å². The van der Waals surface area contributed by atoms with Gasteiger partial charge in [0.1, 0.15) is 0 Å². The number of nitrogens with one attached hydrogen (secondary N) is 2. The van der Waals surface area contributed by atoms with Crippen LogP contribution in [0.5, 0.6) is 0 Å². The van der Waals surface area contributed by atoms with E-state index in [9.17, 15) is 4.79 Å². The molecule has 140 valence electrons. The second-order valence-electron chi connectivity index (χ2n) is 7.53. The third kappa shape index (κ3) is 8.42. The fourth-order valence-electron chi connectivity index (χ4n) is 3.75. The number of carbonyl (C=O) groups is 1. The van der Waals surface area contributed by atoms with Gasteiger partial charge < -0.3 is 10.6 Å². The monoisotopic (exact) mass is 344 g/mol. The Balaban J connectivity index is 1.69. The van der Waals surface area contributed by atoms with Gasteiger partial charge in [0.25, 0.3) is 0 Å². The molecule has 2 amide bonds. The average molecular weight is 345 g/mol. The fraction of sp³-hybridized carbons (Fsp3) is 0.682. The van der Waals surface area contributed by atoms with Crippen molar-refractivity contribution >= 4 is 6.03 Å². The Labute approximate surface area is 154 Å². The Hall–Kier alpha value is -1.51. The first-order chi connectivity index (χ1) is 12.3. The van der Waals surface area contributed by atoms with Crippen LogP contribution in [-0.2, 0) is 6.42 Å². The van der Waals surface area contributed by atoms with E-state index in [0.29, 0.717) is 12.6 Å². The Kier molecular flexibility index (Phi) is 9.46. The fourth-order valence-corrected chi connectivity index (χ4v) is 3.75. The van der Waals surface area contributed by atoms with Crippen LogP contribution >= 0.6 is 0 Å². The molecule has 1 aliphatic carbocycles. The standard InChI is InChI=1S/C22H36N2O/c1-19-13-11-12-14-20(19)17-18-23-22(25)24-21-15-9-7-5-3-2-4-6-8-10-16-21/h11-14,21H,2-10,15-18H2,1H3,(H2,23,24,25). The van der Waals surface area contributed by atoms with Crippen molar-refractivity contribution in [3.8, 4) is 0 Å². The molecule has 3 nitrogen and oxygen atoms in total. The highest BCUT2D eigenvalue weighted by Crippen LogP contribution is 2.17. The SMILES string of the molecule is Cc1ccccc1CCNC(=O)NC1CCCCCCCCCCC1. The second kappa shape index (κ2) is 11.9. The molecule has 0 radical (unpaired) electrons. The topological polar surface area (TPSA) is 41.1 Å². The zero-order valence-electron chi connectivity index (χ0n) is 16.0. The maximum Gasteiger partial charge on any atom is 0.315 e. The first-order valence-electron chi connectivity index (χ1n) is 10.3. The lowest BCUT2D eigenvalue weighted by Crippen LogP contribution is -2.42. The predicted octanol–water partition coefficient (Wildman–Crippen LogP) is 5.51. The summed E-state index contributed by atoms with van der Waals surface area (Å²) in [7, 11) is 0. The van der Waals surface area contributed by atoms with E-state index in [1.807, 2.05) is 0 Å². The molecular weight excluding hydrogens is 308 g/mol. The molecule has 1 aromatic rings. The van der Waals surface area contributed by atoms with Crippen molar-refractivity contribution in [1.82, 2.24) is 10.6 Å². The number of hydrogen-bond donors (Lipinski definition) is 2. The molecule has 0 spiro atoms. The zero-order chi connectivity index (χ0) is 17.7. The minimum atomic E-state index is 0.00526. The van der Waals surface area contributed by atoms with Crippen molar-refractivity contribution in [1.29, 1.82) is 0 Å². The highest BCUT2D eigenvalue weighted by Gasteiger charge is 2.12. The van der Waals surface area contributed by atoms with E-state index in [-0.39, 0.29) is 6.03 Å². The van der Waals surface area contributed by atoms with Crippen LogP contribution in [0.3, 0.4) is 0 Å². The van der Waals surface area contributed by atoms with Crippen LogP contribution in [0.2, 0.25) is 0 Å². The van der Waals surface area contributed by atoms with Crippen molar-refractivity contribution in [2.45, 2.75) is 90.0 Å². The smallest absolute Gasteiger partial charge is 0.315 e. The van der Waals surface area contributed by atoms with Crippen LogP contribution in [0, 0.1) is 6.92 Å². The van der Waals surface area contributed by atoms with E-state index in [1.165, 1.54) is 68.9 Å². The number of carbonyl (C=O) groups excluding carboxylic acids is 1. The van der Waals surface area contributed by atoms with Gasteiger partial charge in [-0.1, -0.05) is 82.1 Å². The summed E-state index contributed by atoms with van der Waals surface area (Å²) in [5, 5.41) is 6.26. The largest absolute Gasteiger partial charge is 0.338 e. The quantitative estimate of drug-likeness (QED) is 0.743. The lowest BCUT2D eigenvalue weighted by Gasteiger charge is -2.20. The zero-order valence-corrected chi connectivity index (χ0v) is 16.0. The number of benzene rings is 1. The molecule has 1 saturated carbocycles. The molecule has 0 atom stereocenters. The highest BCUT2D eigenvalue weighted by molar-refractivity contribution is 5.74. The summed E-state index contributed by atoms with van der Waals surface area (Å²) < 4.78 is 0. The molecule has 2 N–H and O–H groups in total. The molecule has 1 aromatic carbocycles.